The first-order valence-electron chi connectivity index (χ1n) is 5.89. The van der Waals surface area contributed by atoms with E-state index in [9.17, 15) is 18.0 Å². The van der Waals surface area contributed by atoms with Gasteiger partial charge < -0.3 is 10.1 Å². The summed E-state index contributed by atoms with van der Waals surface area (Å²) in [6.45, 7) is 0. The van der Waals surface area contributed by atoms with Gasteiger partial charge in [-0.25, -0.2) is 4.90 Å². The molecule has 0 unspecified atom stereocenters. The summed E-state index contributed by atoms with van der Waals surface area (Å²) < 4.78 is 41.8. The number of nitrogens with one attached hydrogen (secondary N) is 1. The lowest BCUT2D eigenvalue weighted by Crippen LogP contribution is -2.30. The van der Waals surface area contributed by atoms with Crippen LogP contribution in [0.2, 0.25) is 0 Å². The van der Waals surface area contributed by atoms with Crippen LogP contribution in [0.3, 0.4) is 0 Å². The number of carbonyl (C=O) groups is 1. The van der Waals surface area contributed by atoms with Crippen LogP contribution in [0.5, 0.6) is 5.75 Å². The summed E-state index contributed by atoms with van der Waals surface area (Å²) in [5.74, 6) is -0.249. The number of alkyl halides is 3. The highest BCUT2D eigenvalue weighted by atomic mass is 32.1. The van der Waals surface area contributed by atoms with E-state index in [0.717, 1.165) is 11.0 Å². The standard InChI is InChI=1S/C13H11F3N2O2S/c1-20-10-5-3-2-4-9(10)18-11(19)8(17-12(18)21)6-7-13(14,15)16/h2-6H,7H2,1H3,(H,17,21)/b8-6+. The molecule has 0 saturated carbocycles. The predicted octanol–water partition coefficient (Wildman–Crippen LogP) is 2.75. The molecule has 0 atom stereocenters. The molecule has 1 heterocycles. The number of thiocarbonyl (C=S) groups is 1. The number of para-hydroxylation sites is 2. The smallest absolute Gasteiger partial charge is 0.392 e. The molecular formula is C13H11F3N2O2S. The third-order valence-corrected chi connectivity index (χ3v) is 3.03. The molecule has 112 valence electrons. The van der Waals surface area contributed by atoms with Crippen LogP contribution < -0.4 is 15.0 Å². The zero-order valence-corrected chi connectivity index (χ0v) is 11.7. The molecule has 1 N–H and O–H groups in total. The number of halogens is 3. The Labute approximate surface area is 124 Å². The first-order chi connectivity index (χ1) is 9.83. The number of carbonyl (C=O) groups excluding carboxylic acids is 1. The molecule has 2 rings (SSSR count). The Morgan fingerprint density at radius 1 is 1.38 bits per heavy atom. The predicted molar refractivity (Wildman–Crippen MR) is 75.0 cm³/mol. The SMILES string of the molecule is COc1ccccc1N1C(=O)/C(=C\CC(F)(F)F)NC1=S. The van der Waals surface area contributed by atoms with Crippen molar-refractivity contribution in [1.82, 2.24) is 5.32 Å². The summed E-state index contributed by atoms with van der Waals surface area (Å²) in [6.07, 6.45) is -4.80. The summed E-state index contributed by atoms with van der Waals surface area (Å²) in [7, 11) is 1.43. The van der Waals surface area contributed by atoms with Crippen molar-refractivity contribution >= 4 is 28.9 Å². The quantitative estimate of drug-likeness (QED) is 0.688. The zero-order valence-electron chi connectivity index (χ0n) is 10.9. The maximum absolute atomic E-state index is 12.2. The fraction of sp³-hybridized carbons (Fsp3) is 0.231. The lowest BCUT2D eigenvalue weighted by Gasteiger charge is -2.17. The van der Waals surface area contributed by atoms with Gasteiger partial charge in [0.15, 0.2) is 5.11 Å². The molecular weight excluding hydrogens is 305 g/mol. The summed E-state index contributed by atoms with van der Waals surface area (Å²) >= 11 is 5.01. The average molecular weight is 316 g/mol. The second-order valence-electron chi connectivity index (χ2n) is 4.18. The molecule has 0 spiro atoms. The van der Waals surface area contributed by atoms with Crippen LogP contribution in [0.1, 0.15) is 6.42 Å². The highest BCUT2D eigenvalue weighted by molar-refractivity contribution is 7.80. The first kappa shape index (κ1) is 15.3. The van der Waals surface area contributed by atoms with E-state index >= 15 is 0 Å². The Kier molecular flexibility index (Phi) is 4.17. The maximum atomic E-state index is 12.2. The van der Waals surface area contributed by atoms with Crippen molar-refractivity contribution in [2.24, 2.45) is 0 Å². The van der Waals surface area contributed by atoms with Crippen LogP contribution >= 0.6 is 12.2 Å². The fourth-order valence-corrected chi connectivity index (χ4v) is 2.12. The van der Waals surface area contributed by atoms with Gasteiger partial charge in [0.05, 0.1) is 19.2 Å². The fourth-order valence-electron chi connectivity index (χ4n) is 1.83. The first-order valence-corrected chi connectivity index (χ1v) is 6.29. The number of hydrogen-bond donors (Lipinski definition) is 1. The highest BCUT2D eigenvalue weighted by Crippen LogP contribution is 2.31. The topological polar surface area (TPSA) is 41.6 Å². The largest absolute Gasteiger partial charge is 0.495 e. The van der Waals surface area contributed by atoms with Crippen molar-refractivity contribution in [2.45, 2.75) is 12.6 Å². The van der Waals surface area contributed by atoms with Gasteiger partial charge in [0, 0.05) is 0 Å². The summed E-state index contributed by atoms with van der Waals surface area (Å²) in [4.78, 5) is 13.3. The Hall–Kier alpha value is -2.09. The number of methoxy groups -OCH3 is 1. The Morgan fingerprint density at radius 2 is 2.05 bits per heavy atom. The van der Waals surface area contributed by atoms with Crippen LogP contribution in [-0.2, 0) is 4.79 Å². The molecule has 1 aromatic rings. The number of ether oxygens (including phenoxy) is 1. The van der Waals surface area contributed by atoms with Crippen molar-refractivity contribution in [3.05, 3.63) is 36.0 Å². The van der Waals surface area contributed by atoms with E-state index in [1.807, 2.05) is 0 Å². The molecule has 1 aliphatic rings. The Bertz CT molecular complexity index is 614. The molecule has 0 bridgehead atoms. The number of hydrogen-bond acceptors (Lipinski definition) is 3. The summed E-state index contributed by atoms with van der Waals surface area (Å²) in [5, 5.41) is 2.50. The van der Waals surface area contributed by atoms with Gasteiger partial charge in [0.2, 0.25) is 0 Å². The average Bonchev–Trinajstić information content (AvgIpc) is 2.70. The molecule has 0 aromatic heterocycles. The second-order valence-corrected chi connectivity index (χ2v) is 4.57. The van der Waals surface area contributed by atoms with E-state index < -0.39 is 18.5 Å². The molecule has 0 aliphatic carbocycles. The van der Waals surface area contributed by atoms with Gasteiger partial charge in [-0.1, -0.05) is 12.1 Å². The minimum Gasteiger partial charge on any atom is -0.495 e. The van der Waals surface area contributed by atoms with Crippen molar-refractivity contribution in [3.63, 3.8) is 0 Å². The van der Waals surface area contributed by atoms with E-state index in [1.165, 1.54) is 7.11 Å². The molecule has 4 nitrogen and oxygen atoms in total. The van der Waals surface area contributed by atoms with Gasteiger partial charge in [0.1, 0.15) is 11.4 Å². The number of benzene rings is 1. The molecule has 8 heteroatoms. The van der Waals surface area contributed by atoms with Crippen LogP contribution in [0, 0.1) is 0 Å². The van der Waals surface area contributed by atoms with Crippen molar-refractivity contribution in [3.8, 4) is 5.75 Å². The molecule has 0 radical (unpaired) electrons. The van der Waals surface area contributed by atoms with Crippen LogP contribution in [-0.4, -0.2) is 24.3 Å². The lowest BCUT2D eigenvalue weighted by molar-refractivity contribution is -0.125. The number of amides is 1. The molecule has 1 fully saturated rings. The zero-order chi connectivity index (χ0) is 15.6. The number of anilines is 1. The van der Waals surface area contributed by atoms with Crippen molar-refractivity contribution in [1.29, 1.82) is 0 Å². The van der Waals surface area contributed by atoms with E-state index in [4.69, 9.17) is 17.0 Å². The monoisotopic (exact) mass is 316 g/mol. The van der Waals surface area contributed by atoms with Gasteiger partial charge in [-0.15, -0.1) is 0 Å². The van der Waals surface area contributed by atoms with Crippen molar-refractivity contribution < 1.29 is 22.7 Å². The maximum Gasteiger partial charge on any atom is 0.392 e. The van der Waals surface area contributed by atoms with Gasteiger partial charge >= 0.3 is 6.18 Å². The molecule has 1 saturated heterocycles. The highest BCUT2D eigenvalue weighted by Gasteiger charge is 2.35. The van der Waals surface area contributed by atoms with E-state index in [0.29, 0.717) is 11.4 Å². The number of nitrogens with zero attached hydrogens (tertiary/aromatic N) is 1. The van der Waals surface area contributed by atoms with Gasteiger partial charge in [0.25, 0.3) is 5.91 Å². The Balaban J connectivity index is 2.31. The normalized spacial score (nSPS) is 17.3. The number of rotatable bonds is 3. The molecule has 1 aliphatic heterocycles. The summed E-state index contributed by atoms with van der Waals surface area (Å²) in [6, 6.07) is 6.60. The van der Waals surface area contributed by atoms with Crippen LogP contribution in [0.4, 0.5) is 18.9 Å². The lowest BCUT2D eigenvalue weighted by atomic mass is 10.2. The van der Waals surface area contributed by atoms with E-state index in [-0.39, 0.29) is 10.8 Å². The minimum atomic E-state index is -4.38. The van der Waals surface area contributed by atoms with Gasteiger partial charge in [-0.05, 0) is 30.4 Å². The third-order valence-electron chi connectivity index (χ3n) is 2.74. The molecule has 1 aromatic carbocycles. The Morgan fingerprint density at radius 3 is 2.67 bits per heavy atom. The second kappa shape index (κ2) is 5.72. The number of allylic oxidation sites excluding steroid dienone is 1. The molecule has 1 amide bonds. The summed E-state index contributed by atoms with van der Waals surface area (Å²) in [5.41, 5.74) is 0.182. The third kappa shape index (κ3) is 3.33. The minimum absolute atomic E-state index is 0.0120. The van der Waals surface area contributed by atoms with E-state index in [1.54, 1.807) is 24.3 Å². The van der Waals surface area contributed by atoms with Gasteiger partial charge in [-0.2, -0.15) is 13.2 Å². The van der Waals surface area contributed by atoms with Crippen molar-refractivity contribution in [2.75, 3.05) is 12.0 Å². The van der Waals surface area contributed by atoms with Crippen LogP contribution in [0.15, 0.2) is 36.0 Å². The molecule has 21 heavy (non-hydrogen) atoms. The van der Waals surface area contributed by atoms with E-state index in [2.05, 4.69) is 5.32 Å². The van der Waals surface area contributed by atoms with Crippen LogP contribution in [0.25, 0.3) is 0 Å². The van der Waals surface area contributed by atoms with Gasteiger partial charge in [-0.3, -0.25) is 4.79 Å².